The monoisotopic (exact) mass is 369 g/mol. The molecular formula is C18H19ClF3N3. The Labute approximate surface area is 149 Å². The van der Waals surface area contributed by atoms with Crippen LogP contribution in [-0.2, 0) is 19.0 Å². The molecule has 0 radical (unpaired) electrons. The Kier molecular flexibility index (Phi) is 4.18. The molecule has 0 spiro atoms. The van der Waals surface area contributed by atoms with Gasteiger partial charge in [0.05, 0.1) is 10.7 Å². The molecule has 25 heavy (non-hydrogen) atoms. The molecule has 1 fully saturated rings. The van der Waals surface area contributed by atoms with Crippen LogP contribution in [0.2, 0.25) is 5.02 Å². The van der Waals surface area contributed by atoms with Crippen molar-refractivity contribution in [2.45, 2.75) is 44.7 Å². The lowest BCUT2D eigenvalue weighted by Gasteiger charge is -2.19. The zero-order chi connectivity index (χ0) is 17.6. The van der Waals surface area contributed by atoms with E-state index in [1.807, 2.05) is 12.1 Å². The van der Waals surface area contributed by atoms with Crippen molar-refractivity contribution in [2.75, 3.05) is 18.0 Å². The molecule has 0 N–H and O–H groups in total. The summed E-state index contributed by atoms with van der Waals surface area (Å²) < 4.78 is 41.5. The third-order valence-electron chi connectivity index (χ3n) is 5.08. The normalized spacial score (nSPS) is 17.8. The standard InChI is InChI=1S/C18H19ClF3N3/c19-14-11-12(24-9-3-4-10-24)7-8-16(14)25-15-6-2-1-5-13(15)17(23-25)18(20,21)22/h7-8,11H,1-6,9-10H2. The van der Waals surface area contributed by atoms with Gasteiger partial charge in [-0.3, -0.25) is 0 Å². The van der Waals surface area contributed by atoms with E-state index < -0.39 is 11.9 Å². The fraction of sp³-hybridized carbons (Fsp3) is 0.500. The second-order valence-electron chi connectivity index (χ2n) is 6.72. The van der Waals surface area contributed by atoms with Gasteiger partial charge in [0, 0.05) is 30.0 Å². The van der Waals surface area contributed by atoms with Crippen LogP contribution in [0.25, 0.3) is 5.69 Å². The maximum Gasteiger partial charge on any atom is 0.435 e. The van der Waals surface area contributed by atoms with Gasteiger partial charge in [-0.25, -0.2) is 4.68 Å². The SMILES string of the molecule is FC(F)(F)c1nn(-c2ccc(N3CCCC3)cc2Cl)c2c1CCCC2. The predicted molar refractivity (Wildman–Crippen MR) is 91.7 cm³/mol. The molecule has 134 valence electrons. The van der Waals surface area contributed by atoms with Crippen molar-refractivity contribution in [1.29, 1.82) is 0 Å². The zero-order valence-corrected chi connectivity index (χ0v) is 14.5. The molecule has 4 rings (SSSR count). The Morgan fingerprint density at radius 1 is 1.00 bits per heavy atom. The first-order chi connectivity index (χ1) is 11.9. The van der Waals surface area contributed by atoms with Crippen LogP contribution in [0.4, 0.5) is 18.9 Å². The van der Waals surface area contributed by atoms with Crippen LogP contribution >= 0.6 is 11.6 Å². The molecular weight excluding hydrogens is 351 g/mol. The van der Waals surface area contributed by atoms with E-state index in [-0.39, 0.29) is 0 Å². The first kappa shape index (κ1) is 16.8. The largest absolute Gasteiger partial charge is 0.435 e. The van der Waals surface area contributed by atoms with E-state index in [9.17, 15) is 13.2 Å². The van der Waals surface area contributed by atoms with E-state index in [1.54, 1.807) is 6.07 Å². The number of benzene rings is 1. The Balaban J connectivity index is 1.78. The summed E-state index contributed by atoms with van der Waals surface area (Å²) in [4.78, 5) is 2.25. The van der Waals surface area contributed by atoms with Crippen molar-refractivity contribution >= 4 is 17.3 Å². The minimum absolute atomic E-state index is 0.332. The van der Waals surface area contributed by atoms with E-state index in [0.29, 0.717) is 34.8 Å². The van der Waals surface area contributed by atoms with Crippen LogP contribution in [0.3, 0.4) is 0 Å². The molecule has 0 amide bonds. The van der Waals surface area contributed by atoms with Gasteiger partial charge >= 0.3 is 6.18 Å². The molecule has 2 aromatic rings. The lowest BCUT2D eigenvalue weighted by molar-refractivity contribution is -0.142. The van der Waals surface area contributed by atoms with Crippen molar-refractivity contribution in [3.8, 4) is 5.69 Å². The van der Waals surface area contributed by atoms with Crippen LogP contribution < -0.4 is 4.90 Å². The van der Waals surface area contributed by atoms with E-state index in [2.05, 4.69) is 10.00 Å². The van der Waals surface area contributed by atoms with Gasteiger partial charge in [-0.2, -0.15) is 18.3 Å². The smallest absolute Gasteiger partial charge is 0.371 e. The van der Waals surface area contributed by atoms with Gasteiger partial charge in [0.15, 0.2) is 5.69 Å². The highest BCUT2D eigenvalue weighted by atomic mass is 35.5. The van der Waals surface area contributed by atoms with E-state index >= 15 is 0 Å². The number of rotatable bonds is 2. The summed E-state index contributed by atoms with van der Waals surface area (Å²) in [6, 6.07) is 5.56. The van der Waals surface area contributed by atoms with Gasteiger partial charge in [0.2, 0.25) is 0 Å². The van der Waals surface area contributed by atoms with E-state index in [4.69, 9.17) is 11.6 Å². The number of alkyl halides is 3. The van der Waals surface area contributed by atoms with Crippen molar-refractivity contribution < 1.29 is 13.2 Å². The molecule has 3 nitrogen and oxygen atoms in total. The van der Waals surface area contributed by atoms with Gasteiger partial charge in [-0.1, -0.05) is 11.6 Å². The third-order valence-corrected chi connectivity index (χ3v) is 5.38. The molecule has 1 aliphatic heterocycles. The van der Waals surface area contributed by atoms with Crippen molar-refractivity contribution in [3.05, 3.63) is 40.2 Å². The highest BCUT2D eigenvalue weighted by molar-refractivity contribution is 6.32. The fourth-order valence-corrected chi connectivity index (χ4v) is 4.12. The van der Waals surface area contributed by atoms with Gasteiger partial charge in [-0.15, -0.1) is 0 Å². The number of hydrogen-bond donors (Lipinski definition) is 0. The van der Waals surface area contributed by atoms with Gasteiger partial charge in [-0.05, 0) is 56.7 Å². The summed E-state index contributed by atoms with van der Waals surface area (Å²) in [7, 11) is 0. The minimum Gasteiger partial charge on any atom is -0.371 e. The molecule has 1 aromatic carbocycles. The second kappa shape index (κ2) is 6.24. The molecule has 0 unspecified atom stereocenters. The molecule has 1 aromatic heterocycles. The number of fused-ring (bicyclic) bond motifs is 1. The maximum absolute atomic E-state index is 13.4. The first-order valence-electron chi connectivity index (χ1n) is 8.68. The average Bonchev–Trinajstić information content (AvgIpc) is 3.22. The Morgan fingerprint density at radius 2 is 1.72 bits per heavy atom. The first-order valence-corrected chi connectivity index (χ1v) is 9.06. The molecule has 2 aliphatic rings. The van der Waals surface area contributed by atoms with Gasteiger partial charge in [0.25, 0.3) is 0 Å². The Morgan fingerprint density at radius 3 is 2.40 bits per heavy atom. The van der Waals surface area contributed by atoms with Gasteiger partial charge < -0.3 is 4.90 Å². The summed E-state index contributed by atoms with van der Waals surface area (Å²) in [5.41, 5.74) is 1.76. The molecule has 1 aliphatic carbocycles. The lowest BCUT2D eigenvalue weighted by atomic mass is 9.95. The Bertz CT molecular complexity index is 792. The molecule has 1 saturated heterocycles. The topological polar surface area (TPSA) is 21.1 Å². The fourth-order valence-electron chi connectivity index (χ4n) is 3.87. The number of anilines is 1. The van der Waals surface area contributed by atoms with E-state index in [1.165, 1.54) is 4.68 Å². The summed E-state index contributed by atoms with van der Waals surface area (Å²) >= 11 is 6.44. The van der Waals surface area contributed by atoms with Crippen LogP contribution in [0, 0.1) is 0 Å². The molecule has 7 heteroatoms. The van der Waals surface area contributed by atoms with Crippen LogP contribution in [0.1, 0.15) is 42.6 Å². The summed E-state index contributed by atoms with van der Waals surface area (Å²) in [5, 5.41) is 4.35. The number of nitrogens with zero attached hydrogens (tertiary/aromatic N) is 3. The highest BCUT2D eigenvalue weighted by Crippen LogP contribution is 2.38. The predicted octanol–water partition coefficient (Wildman–Crippen LogP) is 5.02. The van der Waals surface area contributed by atoms with Crippen molar-refractivity contribution in [2.24, 2.45) is 0 Å². The average molecular weight is 370 g/mol. The van der Waals surface area contributed by atoms with Crippen LogP contribution in [0.15, 0.2) is 18.2 Å². The lowest BCUT2D eigenvalue weighted by Crippen LogP contribution is -2.17. The van der Waals surface area contributed by atoms with Gasteiger partial charge in [0.1, 0.15) is 0 Å². The molecule has 0 bridgehead atoms. The molecule has 2 heterocycles. The summed E-state index contributed by atoms with van der Waals surface area (Å²) in [6.45, 7) is 1.98. The number of aromatic nitrogens is 2. The maximum atomic E-state index is 13.4. The van der Waals surface area contributed by atoms with Crippen LogP contribution in [-0.4, -0.2) is 22.9 Å². The quantitative estimate of drug-likeness (QED) is 0.740. The van der Waals surface area contributed by atoms with Crippen molar-refractivity contribution in [1.82, 2.24) is 9.78 Å². The number of hydrogen-bond acceptors (Lipinski definition) is 2. The summed E-state index contributed by atoms with van der Waals surface area (Å²) in [6.07, 6.45) is 0.537. The van der Waals surface area contributed by atoms with Crippen LogP contribution in [0.5, 0.6) is 0 Å². The third kappa shape index (κ3) is 3.01. The van der Waals surface area contributed by atoms with E-state index in [0.717, 1.165) is 44.5 Å². The zero-order valence-electron chi connectivity index (χ0n) is 13.7. The molecule has 0 saturated carbocycles. The van der Waals surface area contributed by atoms with Crippen molar-refractivity contribution in [3.63, 3.8) is 0 Å². The number of halogens is 4. The highest BCUT2D eigenvalue weighted by Gasteiger charge is 2.39. The molecule has 0 atom stereocenters. The second-order valence-corrected chi connectivity index (χ2v) is 7.13. The Hall–Kier alpha value is -1.69. The summed E-state index contributed by atoms with van der Waals surface area (Å²) in [5.74, 6) is 0. The minimum atomic E-state index is -4.44.